The molecule has 4 rings (SSSR count). The lowest BCUT2D eigenvalue weighted by atomic mass is 10.2. The quantitative estimate of drug-likeness (QED) is 0.761. The van der Waals surface area contributed by atoms with E-state index in [-0.39, 0.29) is 17.6 Å². The largest absolute Gasteiger partial charge is 0.351 e. The number of benzene rings is 1. The molecule has 1 fully saturated rings. The normalized spacial score (nSPS) is 16.6. The molecule has 2 aromatic rings. The van der Waals surface area contributed by atoms with Crippen molar-refractivity contribution in [2.45, 2.75) is 51.4 Å². The van der Waals surface area contributed by atoms with Crippen LogP contribution in [0.4, 0.5) is 4.39 Å². The van der Waals surface area contributed by atoms with Crippen LogP contribution in [0.15, 0.2) is 24.3 Å². The molecule has 0 unspecified atom stereocenters. The molecule has 1 aromatic carbocycles. The monoisotopic (exact) mass is 398 g/mol. The molecule has 0 atom stereocenters. The van der Waals surface area contributed by atoms with Gasteiger partial charge in [0.05, 0.1) is 5.69 Å². The fraction of sp³-hybridized carbons (Fsp3) is 0.500. The Labute approximate surface area is 170 Å². The summed E-state index contributed by atoms with van der Waals surface area (Å²) in [5, 5.41) is 7.50. The maximum atomic E-state index is 13.2. The van der Waals surface area contributed by atoms with Crippen molar-refractivity contribution in [1.82, 2.24) is 20.0 Å². The molecule has 2 aliphatic rings. The molecule has 154 valence electrons. The zero-order valence-corrected chi connectivity index (χ0v) is 16.6. The van der Waals surface area contributed by atoms with Crippen LogP contribution in [-0.4, -0.2) is 46.1 Å². The molecule has 7 heteroatoms. The molecule has 0 radical (unpaired) electrons. The molecule has 0 spiro atoms. The van der Waals surface area contributed by atoms with Crippen molar-refractivity contribution in [3.05, 3.63) is 47.0 Å². The molecule has 1 saturated heterocycles. The minimum atomic E-state index is -0.293. The molecule has 1 aliphatic heterocycles. The van der Waals surface area contributed by atoms with Gasteiger partial charge in [0, 0.05) is 37.3 Å². The number of hydrogen-bond acceptors (Lipinski definition) is 3. The first-order chi connectivity index (χ1) is 14.1. The highest BCUT2D eigenvalue weighted by molar-refractivity contribution is 5.94. The minimum absolute atomic E-state index is 0.175. The van der Waals surface area contributed by atoms with Crippen molar-refractivity contribution in [2.24, 2.45) is 0 Å². The van der Waals surface area contributed by atoms with Crippen LogP contribution in [-0.2, 0) is 17.6 Å². The second kappa shape index (κ2) is 8.76. The van der Waals surface area contributed by atoms with E-state index in [1.54, 1.807) is 16.8 Å². The van der Waals surface area contributed by atoms with Gasteiger partial charge < -0.3 is 10.2 Å². The fourth-order valence-electron chi connectivity index (χ4n) is 4.25. The summed E-state index contributed by atoms with van der Waals surface area (Å²) in [5.74, 6) is -0.241. The SMILES string of the molecule is O=C(NCCCN1CCCCCC1=O)c1nn(-c2ccc(F)cc2)c2c1CCC2. The number of nitrogens with zero attached hydrogens (tertiary/aromatic N) is 3. The lowest BCUT2D eigenvalue weighted by molar-refractivity contribution is -0.130. The van der Waals surface area contributed by atoms with Gasteiger partial charge in [-0.1, -0.05) is 6.42 Å². The van der Waals surface area contributed by atoms with Crippen molar-refractivity contribution in [1.29, 1.82) is 0 Å². The first-order valence-corrected chi connectivity index (χ1v) is 10.6. The average molecular weight is 398 g/mol. The van der Waals surface area contributed by atoms with Gasteiger partial charge in [0.15, 0.2) is 5.69 Å². The smallest absolute Gasteiger partial charge is 0.272 e. The molecule has 6 nitrogen and oxygen atoms in total. The third-order valence-corrected chi connectivity index (χ3v) is 5.78. The molecular weight excluding hydrogens is 371 g/mol. The van der Waals surface area contributed by atoms with Crippen LogP contribution in [0, 0.1) is 5.82 Å². The van der Waals surface area contributed by atoms with Crippen molar-refractivity contribution in [2.75, 3.05) is 19.6 Å². The van der Waals surface area contributed by atoms with Crippen molar-refractivity contribution in [3.63, 3.8) is 0 Å². The zero-order valence-electron chi connectivity index (χ0n) is 16.6. The van der Waals surface area contributed by atoms with Crippen LogP contribution in [0.2, 0.25) is 0 Å². The molecule has 29 heavy (non-hydrogen) atoms. The summed E-state index contributed by atoms with van der Waals surface area (Å²) < 4.78 is 15.0. The van der Waals surface area contributed by atoms with Gasteiger partial charge in [-0.05, 0) is 62.8 Å². The van der Waals surface area contributed by atoms with Crippen molar-refractivity contribution >= 4 is 11.8 Å². The highest BCUT2D eigenvalue weighted by Gasteiger charge is 2.27. The summed E-state index contributed by atoms with van der Waals surface area (Å²) >= 11 is 0. The topological polar surface area (TPSA) is 67.2 Å². The number of halogens is 1. The zero-order chi connectivity index (χ0) is 20.2. The summed E-state index contributed by atoms with van der Waals surface area (Å²) in [5.41, 5.74) is 3.27. The van der Waals surface area contributed by atoms with Crippen LogP contribution in [0.5, 0.6) is 0 Å². The minimum Gasteiger partial charge on any atom is -0.351 e. The molecule has 1 aromatic heterocycles. The summed E-state index contributed by atoms with van der Waals surface area (Å²) in [6.45, 7) is 2.02. The van der Waals surface area contributed by atoms with E-state index >= 15 is 0 Å². The van der Waals surface area contributed by atoms with E-state index in [1.165, 1.54) is 12.1 Å². The van der Waals surface area contributed by atoms with Crippen LogP contribution >= 0.6 is 0 Å². The maximum Gasteiger partial charge on any atom is 0.272 e. The van der Waals surface area contributed by atoms with Gasteiger partial charge >= 0.3 is 0 Å². The Morgan fingerprint density at radius 2 is 1.90 bits per heavy atom. The first-order valence-electron chi connectivity index (χ1n) is 10.6. The molecule has 0 saturated carbocycles. The van der Waals surface area contributed by atoms with Gasteiger partial charge in [0.2, 0.25) is 5.91 Å². The van der Waals surface area contributed by atoms with Gasteiger partial charge in [-0.25, -0.2) is 9.07 Å². The molecule has 1 aliphatic carbocycles. The Balaban J connectivity index is 1.38. The third-order valence-electron chi connectivity index (χ3n) is 5.78. The van der Waals surface area contributed by atoms with E-state index in [0.717, 1.165) is 68.4 Å². The van der Waals surface area contributed by atoms with Crippen molar-refractivity contribution < 1.29 is 14.0 Å². The summed E-state index contributed by atoms with van der Waals surface area (Å²) in [6, 6.07) is 6.17. The van der Waals surface area contributed by atoms with E-state index in [4.69, 9.17) is 0 Å². The maximum absolute atomic E-state index is 13.2. The van der Waals surface area contributed by atoms with Gasteiger partial charge in [-0.15, -0.1) is 0 Å². The Morgan fingerprint density at radius 1 is 1.07 bits per heavy atom. The highest BCUT2D eigenvalue weighted by Crippen LogP contribution is 2.27. The lowest BCUT2D eigenvalue weighted by Gasteiger charge is -2.20. The number of hydrogen-bond donors (Lipinski definition) is 1. The number of carbonyl (C=O) groups is 2. The van der Waals surface area contributed by atoms with E-state index < -0.39 is 0 Å². The number of amides is 2. The predicted octanol–water partition coefficient (Wildman–Crippen LogP) is 3.02. The molecule has 2 heterocycles. The lowest BCUT2D eigenvalue weighted by Crippen LogP contribution is -2.34. The molecule has 1 N–H and O–H groups in total. The summed E-state index contributed by atoms with van der Waals surface area (Å²) in [7, 11) is 0. The van der Waals surface area contributed by atoms with E-state index in [1.807, 2.05) is 4.90 Å². The molecule has 0 bridgehead atoms. The number of aromatic nitrogens is 2. The second-order valence-corrected chi connectivity index (χ2v) is 7.82. The Bertz CT molecular complexity index is 891. The highest BCUT2D eigenvalue weighted by atomic mass is 19.1. The Morgan fingerprint density at radius 3 is 2.72 bits per heavy atom. The van der Waals surface area contributed by atoms with Crippen LogP contribution in [0.1, 0.15) is 60.3 Å². The van der Waals surface area contributed by atoms with E-state index in [9.17, 15) is 14.0 Å². The Hall–Kier alpha value is -2.70. The molecular formula is C22H27FN4O2. The van der Waals surface area contributed by atoms with Crippen molar-refractivity contribution in [3.8, 4) is 5.69 Å². The van der Waals surface area contributed by atoms with E-state index in [2.05, 4.69) is 10.4 Å². The van der Waals surface area contributed by atoms with Crippen LogP contribution < -0.4 is 5.32 Å². The standard InChI is InChI=1S/C22H27FN4O2/c23-16-9-11-17(12-10-16)27-19-7-4-6-18(19)21(25-27)22(29)24-13-5-15-26-14-3-1-2-8-20(26)28/h9-12H,1-8,13-15H2,(H,24,29). The number of fused-ring (bicyclic) bond motifs is 1. The van der Waals surface area contributed by atoms with E-state index in [0.29, 0.717) is 25.2 Å². The number of rotatable bonds is 6. The average Bonchev–Trinajstić information content (AvgIpc) is 3.26. The van der Waals surface area contributed by atoms with Gasteiger partial charge in [-0.3, -0.25) is 9.59 Å². The first kappa shape index (κ1) is 19.6. The van der Waals surface area contributed by atoms with Crippen LogP contribution in [0.3, 0.4) is 0 Å². The van der Waals surface area contributed by atoms with Gasteiger partial charge in [-0.2, -0.15) is 5.10 Å². The van der Waals surface area contributed by atoms with Gasteiger partial charge in [0.25, 0.3) is 5.91 Å². The third kappa shape index (κ3) is 4.33. The number of likely N-dealkylation sites (tertiary alicyclic amines) is 1. The number of nitrogens with one attached hydrogen (secondary N) is 1. The number of carbonyl (C=O) groups excluding carboxylic acids is 2. The molecule has 2 amide bonds. The summed E-state index contributed by atoms with van der Waals surface area (Å²) in [4.78, 5) is 26.7. The predicted molar refractivity (Wildman–Crippen MR) is 108 cm³/mol. The fourth-order valence-corrected chi connectivity index (χ4v) is 4.25. The summed E-state index contributed by atoms with van der Waals surface area (Å²) in [6.07, 6.45) is 7.22. The van der Waals surface area contributed by atoms with Crippen LogP contribution in [0.25, 0.3) is 5.69 Å². The Kier molecular flexibility index (Phi) is 5.92. The second-order valence-electron chi connectivity index (χ2n) is 7.82. The van der Waals surface area contributed by atoms with Gasteiger partial charge in [0.1, 0.15) is 5.82 Å².